The van der Waals surface area contributed by atoms with E-state index in [9.17, 15) is 0 Å². The summed E-state index contributed by atoms with van der Waals surface area (Å²) < 4.78 is 0. The summed E-state index contributed by atoms with van der Waals surface area (Å²) in [5.74, 6) is 0.641. The van der Waals surface area contributed by atoms with Crippen molar-refractivity contribution in [1.82, 2.24) is 20.1 Å². The lowest BCUT2D eigenvalue weighted by Crippen LogP contribution is -2.26. The number of anilines is 1. The van der Waals surface area contributed by atoms with Crippen LogP contribution in [0.5, 0.6) is 0 Å². The molecule has 16 heavy (non-hydrogen) atoms. The number of hydrogen-bond donors (Lipinski definition) is 1. The van der Waals surface area contributed by atoms with Crippen LogP contribution in [0.4, 0.5) is 5.95 Å². The molecule has 1 saturated heterocycles. The van der Waals surface area contributed by atoms with Crippen molar-refractivity contribution in [2.45, 2.75) is 26.7 Å². The van der Waals surface area contributed by atoms with Gasteiger partial charge in [-0.2, -0.15) is 5.10 Å². The Labute approximate surface area is 96.3 Å². The third kappa shape index (κ3) is 2.88. The molecule has 5 heteroatoms. The summed E-state index contributed by atoms with van der Waals surface area (Å²) in [4.78, 5) is 6.79. The van der Waals surface area contributed by atoms with Gasteiger partial charge in [-0.05, 0) is 39.8 Å². The van der Waals surface area contributed by atoms with Crippen molar-refractivity contribution in [2.24, 2.45) is 0 Å². The molecule has 2 rings (SSSR count). The van der Waals surface area contributed by atoms with Gasteiger partial charge in [-0.15, -0.1) is 5.10 Å². The van der Waals surface area contributed by atoms with E-state index in [-0.39, 0.29) is 0 Å². The molecular weight excluding hydrogens is 202 g/mol. The first kappa shape index (κ1) is 11.3. The Balaban J connectivity index is 1.78. The molecule has 1 aromatic rings. The Kier molecular flexibility index (Phi) is 3.66. The average molecular weight is 221 g/mol. The molecule has 1 fully saturated rings. The molecule has 2 heterocycles. The van der Waals surface area contributed by atoms with E-state index in [4.69, 9.17) is 0 Å². The summed E-state index contributed by atoms with van der Waals surface area (Å²) in [6.07, 6.45) is 2.67. The summed E-state index contributed by atoms with van der Waals surface area (Å²) in [5, 5.41) is 11.3. The zero-order valence-electron chi connectivity index (χ0n) is 10.0. The molecule has 0 aromatic carbocycles. The number of likely N-dealkylation sites (tertiary alicyclic amines) is 1. The molecule has 1 N–H and O–H groups in total. The monoisotopic (exact) mass is 221 g/mol. The number of aromatic nitrogens is 3. The maximum atomic E-state index is 4.33. The second-order valence-electron chi connectivity index (χ2n) is 4.28. The predicted octanol–water partition coefficient (Wildman–Crippen LogP) is 0.996. The lowest BCUT2D eigenvalue weighted by atomic mass is 10.4. The van der Waals surface area contributed by atoms with E-state index >= 15 is 0 Å². The predicted molar refractivity (Wildman–Crippen MR) is 63.5 cm³/mol. The number of nitrogens with one attached hydrogen (secondary N) is 1. The van der Waals surface area contributed by atoms with Crippen LogP contribution < -0.4 is 5.32 Å². The SMILES string of the molecule is Cc1nnc(NCCN2CCCC2)nc1C. The van der Waals surface area contributed by atoms with Crippen LogP contribution in [0.15, 0.2) is 0 Å². The highest BCUT2D eigenvalue weighted by Gasteiger charge is 2.10. The summed E-state index contributed by atoms with van der Waals surface area (Å²) in [5.41, 5.74) is 1.84. The molecule has 1 aromatic heterocycles. The Morgan fingerprint density at radius 1 is 1.12 bits per heavy atom. The Morgan fingerprint density at radius 2 is 1.88 bits per heavy atom. The quantitative estimate of drug-likeness (QED) is 0.822. The van der Waals surface area contributed by atoms with Gasteiger partial charge < -0.3 is 10.2 Å². The van der Waals surface area contributed by atoms with E-state index < -0.39 is 0 Å². The standard InChI is InChI=1S/C11H19N5/c1-9-10(2)14-15-11(13-9)12-5-8-16-6-3-4-7-16/h3-8H2,1-2H3,(H,12,13,15). The fraction of sp³-hybridized carbons (Fsp3) is 0.727. The summed E-state index contributed by atoms with van der Waals surface area (Å²) in [7, 11) is 0. The van der Waals surface area contributed by atoms with Crippen LogP contribution >= 0.6 is 0 Å². The molecule has 5 nitrogen and oxygen atoms in total. The minimum Gasteiger partial charge on any atom is -0.352 e. The van der Waals surface area contributed by atoms with Gasteiger partial charge in [0.05, 0.1) is 11.4 Å². The fourth-order valence-electron chi connectivity index (χ4n) is 1.86. The molecular formula is C11H19N5. The van der Waals surface area contributed by atoms with Crippen molar-refractivity contribution in [2.75, 3.05) is 31.5 Å². The van der Waals surface area contributed by atoms with Crippen molar-refractivity contribution in [3.8, 4) is 0 Å². The lowest BCUT2D eigenvalue weighted by molar-refractivity contribution is 0.352. The van der Waals surface area contributed by atoms with Crippen molar-refractivity contribution in [1.29, 1.82) is 0 Å². The van der Waals surface area contributed by atoms with Gasteiger partial charge in [0, 0.05) is 13.1 Å². The van der Waals surface area contributed by atoms with Gasteiger partial charge in [0.2, 0.25) is 5.95 Å². The van der Waals surface area contributed by atoms with E-state index in [0.29, 0.717) is 5.95 Å². The van der Waals surface area contributed by atoms with E-state index in [1.54, 1.807) is 0 Å². The smallest absolute Gasteiger partial charge is 0.243 e. The fourth-order valence-corrected chi connectivity index (χ4v) is 1.86. The summed E-state index contributed by atoms with van der Waals surface area (Å²) in [6.45, 7) is 8.29. The van der Waals surface area contributed by atoms with Crippen molar-refractivity contribution in [3.63, 3.8) is 0 Å². The van der Waals surface area contributed by atoms with Gasteiger partial charge >= 0.3 is 0 Å². The van der Waals surface area contributed by atoms with Crippen molar-refractivity contribution >= 4 is 5.95 Å². The molecule has 0 saturated carbocycles. The third-order valence-electron chi connectivity index (χ3n) is 3.00. The van der Waals surface area contributed by atoms with Crippen LogP contribution in [0, 0.1) is 13.8 Å². The van der Waals surface area contributed by atoms with E-state index in [2.05, 4.69) is 25.4 Å². The van der Waals surface area contributed by atoms with Crippen LogP contribution in [0.25, 0.3) is 0 Å². The van der Waals surface area contributed by atoms with Gasteiger partial charge in [0.15, 0.2) is 0 Å². The maximum absolute atomic E-state index is 4.33. The van der Waals surface area contributed by atoms with Crippen molar-refractivity contribution < 1.29 is 0 Å². The average Bonchev–Trinajstić information content (AvgIpc) is 2.76. The zero-order chi connectivity index (χ0) is 11.4. The first-order valence-corrected chi connectivity index (χ1v) is 5.90. The number of hydrogen-bond acceptors (Lipinski definition) is 5. The third-order valence-corrected chi connectivity index (χ3v) is 3.00. The highest BCUT2D eigenvalue weighted by molar-refractivity contribution is 5.24. The molecule has 0 unspecified atom stereocenters. The van der Waals surface area contributed by atoms with Crippen molar-refractivity contribution in [3.05, 3.63) is 11.4 Å². The number of rotatable bonds is 4. The maximum Gasteiger partial charge on any atom is 0.243 e. The Bertz CT molecular complexity index is 346. The first-order chi connectivity index (χ1) is 7.75. The van der Waals surface area contributed by atoms with Crippen LogP contribution in [0.2, 0.25) is 0 Å². The largest absolute Gasteiger partial charge is 0.352 e. The number of aryl methyl sites for hydroxylation is 2. The Hall–Kier alpha value is -1.23. The molecule has 1 aliphatic rings. The second kappa shape index (κ2) is 5.21. The van der Waals surface area contributed by atoms with Gasteiger partial charge in [0.25, 0.3) is 0 Å². The van der Waals surface area contributed by atoms with Gasteiger partial charge in [-0.3, -0.25) is 0 Å². The van der Waals surface area contributed by atoms with Crippen LogP contribution in [-0.2, 0) is 0 Å². The number of nitrogens with zero attached hydrogens (tertiary/aromatic N) is 4. The van der Waals surface area contributed by atoms with Crippen LogP contribution in [0.1, 0.15) is 24.2 Å². The minimum absolute atomic E-state index is 0.641. The van der Waals surface area contributed by atoms with E-state index in [0.717, 1.165) is 24.5 Å². The summed E-state index contributed by atoms with van der Waals surface area (Å²) >= 11 is 0. The zero-order valence-corrected chi connectivity index (χ0v) is 10.0. The van der Waals surface area contributed by atoms with E-state index in [1.165, 1.54) is 25.9 Å². The van der Waals surface area contributed by atoms with Crippen LogP contribution in [-0.4, -0.2) is 46.3 Å². The van der Waals surface area contributed by atoms with Gasteiger partial charge in [-0.1, -0.05) is 0 Å². The first-order valence-electron chi connectivity index (χ1n) is 5.90. The Morgan fingerprint density at radius 3 is 2.56 bits per heavy atom. The molecule has 0 bridgehead atoms. The topological polar surface area (TPSA) is 53.9 Å². The molecule has 0 amide bonds. The van der Waals surface area contributed by atoms with E-state index in [1.807, 2.05) is 13.8 Å². The van der Waals surface area contributed by atoms with Gasteiger partial charge in [-0.25, -0.2) is 4.98 Å². The highest BCUT2D eigenvalue weighted by atomic mass is 15.2. The second-order valence-corrected chi connectivity index (χ2v) is 4.28. The van der Waals surface area contributed by atoms with Gasteiger partial charge in [0.1, 0.15) is 0 Å². The normalized spacial score (nSPS) is 16.6. The minimum atomic E-state index is 0.641. The molecule has 0 atom stereocenters. The molecule has 0 radical (unpaired) electrons. The molecule has 88 valence electrons. The molecule has 0 spiro atoms. The summed E-state index contributed by atoms with van der Waals surface area (Å²) in [6, 6.07) is 0. The highest BCUT2D eigenvalue weighted by Crippen LogP contribution is 2.06. The molecule has 0 aliphatic carbocycles. The van der Waals surface area contributed by atoms with Crippen LogP contribution in [0.3, 0.4) is 0 Å². The molecule has 1 aliphatic heterocycles. The lowest BCUT2D eigenvalue weighted by Gasteiger charge is -2.14.